The smallest absolute Gasteiger partial charge is 0.336 e. The lowest BCUT2D eigenvalue weighted by Crippen LogP contribution is -2.42. The molecule has 4 N–H and O–H groups in total. The van der Waals surface area contributed by atoms with Crippen molar-refractivity contribution in [2.45, 2.75) is 18.4 Å². The predicted octanol–water partition coefficient (Wildman–Crippen LogP) is -1.25. The van der Waals surface area contributed by atoms with Crippen molar-refractivity contribution in [2.24, 2.45) is 0 Å². The maximum Gasteiger partial charge on any atom is 0.336 e. The molecule has 0 aromatic carbocycles. The maximum atomic E-state index is 10.3. The number of carboxylic acid groups (broad SMARTS) is 3. The quantitative estimate of drug-likeness (QED) is 0.401. The third-order valence-corrected chi connectivity index (χ3v) is 1.29. The number of hydrogen-bond acceptors (Lipinski definition) is 4. The van der Waals surface area contributed by atoms with Gasteiger partial charge in [-0.15, -0.1) is 0 Å². The molecule has 0 heterocycles. The largest absolute Gasteiger partial charge is 0.481 e. The van der Waals surface area contributed by atoms with Crippen molar-refractivity contribution in [2.75, 3.05) is 0 Å². The summed E-state index contributed by atoms with van der Waals surface area (Å²) in [5, 5.41) is 33.8. The SMILES string of the molecule is O=C(O)C[13C](O)(CC(=O)O)C(=O)O. The van der Waals surface area contributed by atoms with E-state index >= 15 is 0 Å². The molecule has 74 valence electrons. The zero-order chi connectivity index (χ0) is 10.6. The molecule has 0 saturated carbocycles. The average molecular weight is 193 g/mol. The van der Waals surface area contributed by atoms with Crippen LogP contribution in [-0.2, 0) is 14.4 Å². The van der Waals surface area contributed by atoms with E-state index in [1.165, 1.54) is 0 Å². The van der Waals surface area contributed by atoms with E-state index in [9.17, 15) is 14.4 Å². The first-order valence-corrected chi connectivity index (χ1v) is 3.17. The summed E-state index contributed by atoms with van der Waals surface area (Å²) >= 11 is 0. The molecule has 0 spiro atoms. The zero-order valence-electron chi connectivity index (χ0n) is 6.43. The number of carbonyl (C=O) groups is 3. The molecule has 7 heteroatoms. The van der Waals surface area contributed by atoms with E-state index in [1.807, 2.05) is 0 Å². The second-order valence-corrected chi connectivity index (χ2v) is 2.48. The van der Waals surface area contributed by atoms with Gasteiger partial charge >= 0.3 is 17.9 Å². The van der Waals surface area contributed by atoms with Crippen LogP contribution in [0.15, 0.2) is 0 Å². The number of hydrogen-bond donors (Lipinski definition) is 4. The summed E-state index contributed by atoms with van der Waals surface area (Å²) in [4.78, 5) is 30.5. The normalized spacial score (nSPS) is 10.8. The number of rotatable bonds is 5. The molecule has 0 aromatic heterocycles. The fourth-order valence-corrected chi connectivity index (χ4v) is 0.714. The lowest BCUT2D eigenvalue weighted by Gasteiger charge is -2.18. The molecule has 0 aliphatic carbocycles. The average Bonchev–Trinajstić information content (AvgIpc) is 1.82. The molecule has 0 unspecified atom stereocenters. The highest BCUT2D eigenvalue weighted by atomic mass is 16.5. The maximum absolute atomic E-state index is 10.3. The molecule has 0 fully saturated rings. The molecule has 0 aromatic rings. The molecule has 0 atom stereocenters. The third-order valence-electron chi connectivity index (χ3n) is 1.29. The highest BCUT2D eigenvalue weighted by molar-refractivity contribution is 5.88. The van der Waals surface area contributed by atoms with E-state index in [-0.39, 0.29) is 0 Å². The first-order valence-electron chi connectivity index (χ1n) is 3.17. The van der Waals surface area contributed by atoms with Gasteiger partial charge < -0.3 is 20.4 Å². The van der Waals surface area contributed by atoms with Crippen molar-refractivity contribution in [1.82, 2.24) is 0 Å². The molecule has 7 nitrogen and oxygen atoms in total. The van der Waals surface area contributed by atoms with Crippen LogP contribution >= 0.6 is 0 Å². The summed E-state index contributed by atoms with van der Waals surface area (Å²) < 4.78 is 0. The summed E-state index contributed by atoms with van der Waals surface area (Å²) in [6.07, 6.45) is -2.29. The van der Waals surface area contributed by atoms with Gasteiger partial charge in [0.1, 0.15) is 0 Å². The minimum absolute atomic E-state index is 1.14. The monoisotopic (exact) mass is 193 g/mol. The van der Waals surface area contributed by atoms with Gasteiger partial charge in [0.05, 0.1) is 12.8 Å². The van der Waals surface area contributed by atoms with Crippen LogP contribution in [-0.4, -0.2) is 43.9 Å². The van der Waals surface area contributed by atoms with Gasteiger partial charge in [-0.3, -0.25) is 9.59 Å². The minimum atomic E-state index is -2.74. The standard InChI is InChI=1S/C6H8O7/c7-3(8)1-6(13,5(11)12)2-4(9)10/h13H,1-2H2,(H,7,8)(H,9,10)(H,11,12)/i6+1. The van der Waals surface area contributed by atoms with Crippen molar-refractivity contribution < 1.29 is 34.8 Å². The van der Waals surface area contributed by atoms with Crippen molar-refractivity contribution in [3.8, 4) is 0 Å². The van der Waals surface area contributed by atoms with Crippen LogP contribution in [0.25, 0.3) is 0 Å². The van der Waals surface area contributed by atoms with E-state index in [4.69, 9.17) is 20.4 Å². The van der Waals surface area contributed by atoms with Gasteiger partial charge in [0.15, 0.2) is 5.60 Å². The molecule has 0 rings (SSSR count). The molecule has 13 heavy (non-hydrogen) atoms. The van der Waals surface area contributed by atoms with E-state index in [0.29, 0.717) is 0 Å². The van der Waals surface area contributed by atoms with Gasteiger partial charge in [0.25, 0.3) is 0 Å². The highest BCUT2D eigenvalue weighted by Crippen LogP contribution is 2.15. The Bertz CT molecular complexity index is 227. The van der Waals surface area contributed by atoms with Gasteiger partial charge in [0.2, 0.25) is 0 Å². The fourth-order valence-electron chi connectivity index (χ4n) is 0.714. The zero-order valence-corrected chi connectivity index (χ0v) is 6.43. The lowest BCUT2D eigenvalue weighted by molar-refractivity contribution is -0.170. The first kappa shape index (κ1) is 11.4. The van der Waals surface area contributed by atoms with E-state index in [1.54, 1.807) is 0 Å². The highest BCUT2D eigenvalue weighted by Gasteiger charge is 2.40. The Labute approximate surface area is 72.2 Å². The predicted molar refractivity (Wildman–Crippen MR) is 37.1 cm³/mol. The van der Waals surface area contributed by atoms with Crippen molar-refractivity contribution in [3.05, 3.63) is 0 Å². The lowest BCUT2D eigenvalue weighted by atomic mass is 10.3. The van der Waals surface area contributed by atoms with Crippen LogP contribution in [0.1, 0.15) is 12.8 Å². The summed E-state index contributed by atoms with van der Waals surface area (Å²) in [7, 11) is 0. The summed E-state index contributed by atoms with van der Waals surface area (Å²) in [5.74, 6) is -5.02. The van der Waals surface area contributed by atoms with Crippen LogP contribution in [0.4, 0.5) is 0 Å². The van der Waals surface area contributed by atoms with Crippen LogP contribution in [0.3, 0.4) is 0 Å². The van der Waals surface area contributed by atoms with Gasteiger partial charge in [0, 0.05) is 0 Å². The Morgan fingerprint density at radius 3 is 1.38 bits per heavy atom. The molecule has 0 radical (unpaired) electrons. The van der Waals surface area contributed by atoms with Gasteiger partial charge in [-0.2, -0.15) is 0 Å². The van der Waals surface area contributed by atoms with Crippen LogP contribution in [0.2, 0.25) is 0 Å². The summed E-state index contributed by atoms with van der Waals surface area (Å²) in [5.41, 5.74) is -2.74. The number of carboxylic acids is 3. The Morgan fingerprint density at radius 2 is 1.23 bits per heavy atom. The van der Waals surface area contributed by atoms with E-state index < -0.39 is 36.4 Å². The van der Waals surface area contributed by atoms with Crippen molar-refractivity contribution >= 4 is 17.9 Å². The Balaban J connectivity index is 4.62. The number of aliphatic hydroxyl groups is 1. The van der Waals surface area contributed by atoms with Crippen molar-refractivity contribution in [1.29, 1.82) is 0 Å². The van der Waals surface area contributed by atoms with E-state index in [0.717, 1.165) is 0 Å². The van der Waals surface area contributed by atoms with E-state index in [2.05, 4.69) is 0 Å². The second-order valence-electron chi connectivity index (χ2n) is 2.48. The van der Waals surface area contributed by atoms with Gasteiger partial charge in [-0.05, 0) is 0 Å². The fraction of sp³-hybridized carbons (Fsp3) is 0.500. The van der Waals surface area contributed by atoms with Crippen LogP contribution < -0.4 is 0 Å². The first-order chi connectivity index (χ1) is 5.78. The molecular formula is C6H8O7. The third kappa shape index (κ3) is 3.52. The van der Waals surface area contributed by atoms with Gasteiger partial charge in [-0.25, -0.2) is 4.79 Å². The molecule has 0 saturated heterocycles. The molecule has 0 aliphatic rings. The van der Waals surface area contributed by atoms with Crippen LogP contribution in [0, 0.1) is 0 Å². The minimum Gasteiger partial charge on any atom is -0.481 e. The number of aliphatic carboxylic acids is 3. The van der Waals surface area contributed by atoms with Crippen LogP contribution in [0.5, 0.6) is 0 Å². The van der Waals surface area contributed by atoms with Crippen molar-refractivity contribution in [3.63, 3.8) is 0 Å². The molecule has 0 bridgehead atoms. The topological polar surface area (TPSA) is 132 Å². The Hall–Kier alpha value is -1.63. The second kappa shape index (κ2) is 3.85. The molecular weight excluding hydrogens is 185 g/mol. The Morgan fingerprint density at radius 1 is 0.923 bits per heavy atom. The Kier molecular flexibility index (Phi) is 3.37. The summed E-state index contributed by atoms with van der Waals surface area (Å²) in [6.45, 7) is 0. The molecule has 0 amide bonds. The van der Waals surface area contributed by atoms with Gasteiger partial charge in [-0.1, -0.05) is 0 Å². The summed E-state index contributed by atoms with van der Waals surface area (Å²) in [6, 6.07) is 0. The molecule has 0 aliphatic heterocycles.